The fourth-order valence-corrected chi connectivity index (χ4v) is 2.50. The van der Waals surface area contributed by atoms with E-state index in [-0.39, 0.29) is 11.4 Å². The van der Waals surface area contributed by atoms with E-state index in [9.17, 15) is 4.79 Å². The number of anilines is 1. The number of oxazole rings is 1. The molecule has 1 aliphatic rings. The van der Waals surface area contributed by atoms with E-state index >= 15 is 0 Å². The number of benzene rings is 1. The Kier molecular flexibility index (Phi) is 3.85. The molecular formula is C16H19N3O3. The Morgan fingerprint density at radius 1 is 1.45 bits per heavy atom. The number of nitrogens with zero attached hydrogens (tertiary/aromatic N) is 1. The standard InChI is InChI=1S/C16H19N3O3/c1-17-16(5-6-16)8-15(20)19-11-3-4-12(13(7-11)21-2)14-9-18-10-22-14/h3-4,7,9-10,17H,5-6,8H2,1-2H3,(H,19,20). The van der Waals surface area contributed by atoms with E-state index in [0.29, 0.717) is 23.6 Å². The van der Waals surface area contributed by atoms with E-state index in [1.54, 1.807) is 19.4 Å². The van der Waals surface area contributed by atoms with Crippen molar-refractivity contribution in [1.82, 2.24) is 10.3 Å². The van der Waals surface area contributed by atoms with Gasteiger partial charge in [-0.1, -0.05) is 0 Å². The molecule has 6 heteroatoms. The van der Waals surface area contributed by atoms with Crippen LogP contribution in [0.2, 0.25) is 0 Å². The Morgan fingerprint density at radius 2 is 2.27 bits per heavy atom. The number of methoxy groups -OCH3 is 1. The molecule has 6 nitrogen and oxygen atoms in total. The van der Waals surface area contributed by atoms with Crippen LogP contribution < -0.4 is 15.4 Å². The SMILES string of the molecule is CNC1(CC(=O)Nc2ccc(-c3cnco3)c(OC)c2)CC1. The van der Waals surface area contributed by atoms with Gasteiger partial charge in [-0.3, -0.25) is 4.79 Å². The molecule has 2 N–H and O–H groups in total. The van der Waals surface area contributed by atoms with E-state index < -0.39 is 0 Å². The Bertz CT molecular complexity index is 663. The Hall–Kier alpha value is -2.34. The molecule has 0 saturated heterocycles. The van der Waals surface area contributed by atoms with Crippen molar-refractivity contribution >= 4 is 11.6 Å². The monoisotopic (exact) mass is 301 g/mol. The summed E-state index contributed by atoms with van der Waals surface area (Å²) < 4.78 is 10.7. The lowest BCUT2D eigenvalue weighted by Gasteiger charge is -2.14. The van der Waals surface area contributed by atoms with Crippen LogP contribution in [0.4, 0.5) is 5.69 Å². The minimum atomic E-state index is -0.00600. The summed E-state index contributed by atoms with van der Waals surface area (Å²) in [7, 11) is 3.48. The highest BCUT2D eigenvalue weighted by atomic mass is 16.5. The van der Waals surface area contributed by atoms with Crippen molar-refractivity contribution in [3.05, 3.63) is 30.8 Å². The van der Waals surface area contributed by atoms with Gasteiger partial charge in [-0.2, -0.15) is 0 Å². The van der Waals surface area contributed by atoms with Crippen LogP contribution >= 0.6 is 0 Å². The summed E-state index contributed by atoms with van der Waals surface area (Å²) in [6.45, 7) is 0. The molecule has 22 heavy (non-hydrogen) atoms. The summed E-state index contributed by atoms with van der Waals surface area (Å²) in [5.74, 6) is 1.26. The summed E-state index contributed by atoms with van der Waals surface area (Å²) in [6, 6.07) is 5.46. The van der Waals surface area contributed by atoms with E-state index in [0.717, 1.165) is 18.4 Å². The molecule has 0 unspecified atom stereocenters. The number of aromatic nitrogens is 1. The van der Waals surface area contributed by atoms with Gasteiger partial charge in [0, 0.05) is 23.7 Å². The van der Waals surface area contributed by atoms with Gasteiger partial charge in [0.05, 0.1) is 18.9 Å². The first-order valence-electron chi connectivity index (χ1n) is 7.21. The van der Waals surface area contributed by atoms with Crippen LogP contribution in [-0.2, 0) is 4.79 Å². The molecule has 1 aromatic carbocycles. The van der Waals surface area contributed by atoms with Gasteiger partial charge in [-0.15, -0.1) is 0 Å². The number of amides is 1. The number of ether oxygens (including phenoxy) is 1. The van der Waals surface area contributed by atoms with Gasteiger partial charge in [0.25, 0.3) is 0 Å². The fourth-order valence-electron chi connectivity index (χ4n) is 2.50. The van der Waals surface area contributed by atoms with Gasteiger partial charge in [0.2, 0.25) is 5.91 Å². The van der Waals surface area contributed by atoms with Crippen LogP contribution in [0.15, 0.2) is 35.2 Å². The molecule has 1 aromatic heterocycles. The normalized spacial score (nSPS) is 15.4. The van der Waals surface area contributed by atoms with Crippen LogP contribution in [-0.4, -0.2) is 30.6 Å². The minimum absolute atomic E-state index is 0.00122. The number of carbonyl (C=O) groups is 1. The number of nitrogens with one attached hydrogen (secondary N) is 2. The molecule has 1 fully saturated rings. The maximum Gasteiger partial charge on any atom is 0.226 e. The van der Waals surface area contributed by atoms with Crippen LogP contribution in [0.25, 0.3) is 11.3 Å². The Labute approximate surface area is 128 Å². The molecule has 2 aromatic rings. The summed E-state index contributed by atoms with van der Waals surface area (Å²) in [4.78, 5) is 16.0. The first kappa shape index (κ1) is 14.6. The van der Waals surface area contributed by atoms with Gasteiger partial charge in [-0.25, -0.2) is 4.98 Å². The third-order valence-electron chi connectivity index (χ3n) is 4.07. The highest BCUT2D eigenvalue weighted by Gasteiger charge is 2.42. The van der Waals surface area contributed by atoms with Gasteiger partial charge in [0.1, 0.15) is 5.75 Å². The van der Waals surface area contributed by atoms with Gasteiger partial charge in [0.15, 0.2) is 12.2 Å². The first-order chi connectivity index (χ1) is 10.7. The average molecular weight is 301 g/mol. The number of rotatable bonds is 6. The number of hydrogen-bond donors (Lipinski definition) is 2. The summed E-state index contributed by atoms with van der Waals surface area (Å²) in [5, 5.41) is 6.13. The maximum absolute atomic E-state index is 12.1. The second kappa shape index (κ2) is 5.81. The van der Waals surface area contributed by atoms with E-state index in [4.69, 9.17) is 9.15 Å². The summed E-state index contributed by atoms with van der Waals surface area (Å²) >= 11 is 0. The van der Waals surface area contributed by atoms with E-state index in [1.165, 1.54) is 6.39 Å². The van der Waals surface area contributed by atoms with Crippen LogP contribution in [0.3, 0.4) is 0 Å². The van der Waals surface area contributed by atoms with Crippen LogP contribution in [0.1, 0.15) is 19.3 Å². The minimum Gasteiger partial charge on any atom is -0.496 e. The molecule has 1 saturated carbocycles. The lowest BCUT2D eigenvalue weighted by atomic mass is 10.1. The molecule has 0 spiro atoms. The van der Waals surface area contributed by atoms with E-state index in [2.05, 4.69) is 15.6 Å². The molecular weight excluding hydrogens is 282 g/mol. The Balaban J connectivity index is 1.73. The second-order valence-electron chi connectivity index (χ2n) is 5.54. The lowest BCUT2D eigenvalue weighted by molar-refractivity contribution is -0.116. The quantitative estimate of drug-likeness (QED) is 0.857. The van der Waals surface area contributed by atoms with Crippen LogP contribution in [0.5, 0.6) is 5.75 Å². The molecule has 3 rings (SSSR count). The highest BCUT2D eigenvalue weighted by molar-refractivity contribution is 5.92. The summed E-state index contributed by atoms with van der Waals surface area (Å²) in [5.41, 5.74) is 1.50. The smallest absolute Gasteiger partial charge is 0.226 e. The van der Waals surface area contributed by atoms with Crippen molar-refractivity contribution in [2.45, 2.75) is 24.8 Å². The molecule has 1 heterocycles. The summed E-state index contributed by atoms with van der Waals surface area (Å²) in [6.07, 6.45) is 5.57. The Morgan fingerprint density at radius 3 is 2.86 bits per heavy atom. The molecule has 1 aliphatic carbocycles. The van der Waals surface area contributed by atoms with Crippen molar-refractivity contribution in [3.8, 4) is 17.1 Å². The van der Waals surface area contributed by atoms with Crippen LogP contribution in [0, 0.1) is 0 Å². The highest BCUT2D eigenvalue weighted by Crippen LogP contribution is 2.38. The molecule has 0 radical (unpaired) electrons. The zero-order chi connectivity index (χ0) is 15.6. The lowest BCUT2D eigenvalue weighted by Crippen LogP contribution is -2.32. The average Bonchev–Trinajstić information content (AvgIpc) is 3.08. The zero-order valence-electron chi connectivity index (χ0n) is 12.7. The molecule has 1 amide bonds. The molecule has 0 aliphatic heterocycles. The topological polar surface area (TPSA) is 76.4 Å². The molecule has 116 valence electrons. The largest absolute Gasteiger partial charge is 0.496 e. The van der Waals surface area contributed by atoms with Crippen molar-refractivity contribution in [1.29, 1.82) is 0 Å². The molecule has 0 bridgehead atoms. The van der Waals surface area contributed by atoms with E-state index in [1.807, 2.05) is 19.2 Å². The predicted octanol–water partition coefficient (Wildman–Crippen LogP) is 2.43. The zero-order valence-corrected chi connectivity index (χ0v) is 12.7. The van der Waals surface area contributed by atoms with Gasteiger partial charge < -0.3 is 19.8 Å². The van der Waals surface area contributed by atoms with Crippen molar-refractivity contribution in [2.24, 2.45) is 0 Å². The molecule has 0 atom stereocenters. The number of hydrogen-bond acceptors (Lipinski definition) is 5. The van der Waals surface area contributed by atoms with Gasteiger partial charge >= 0.3 is 0 Å². The fraction of sp³-hybridized carbons (Fsp3) is 0.375. The van der Waals surface area contributed by atoms with Crippen molar-refractivity contribution in [2.75, 3.05) is 19.5 Å². The number of carbonyl (C=O) groups excluding carboxylic acids is 1. The van der Waals surface area contributed by atoms with Gasteiger partial charge in [-0.05, 0) is 32.0 Å². The third-order valence-corrected chi connectivity index (χ3v) is 4.07. The first-order valence-corrected chi connectivity index (χ1v) is 7.21. The second-order valence-corrected chi connectivity index (χ2v) is 5.54. The predicted molar refractivity (Wildman–Crippen MR) is 82.8 cm³/mol. The van der Waals surface area contributed by atoms with Crippen molar-refractivity contribution in [3.63, 3.8) is 0 Å². The van der Waals surface area contributed by atoms with Crippen molar-refractivity contribution < 1.29 is 13.9 Å². The third kappa shape index (κ3) is 2.96. The maximum atomic E-state index is 12.1.